The van der Waals surface area contributed by atoms with E-state index in [0.717, 1.165) is 18.4 Å². The van der Waals surface area contributed by atoms with Crippen molar-refractivity contribution in [1.29, 1.82) is 0 Å². The Morgan fingerprint density at radius 2 is 2.33 bits per heavy atom. The SMILES string of the molecule is C=C[C@@H]1CC[C@@H]2C(C)=CC(=O)[C@]12C(=O)O. The molecule has 80 valence electrons. The number of carboxylic acids is 1. The predicted molar refractivity (Wildman–Crippen MR) is 55.2 cm³/mol. The molecule has 0 heterocycles. The van der Waals surface area contributed by atoms with Crippen LogP contribution in [0.5, 0.6) is 0 Å². The van der Waals surface area contributed by atoms with Crippen molar-refractivity contribution < 1.29 is 14.7 Å². The summed E-state index contributed by atoms with van der Waals surface area (Å²) in [4.78, 5) is 23.3. The number of hydrogen-bond acceptors (Lipinski definition) is 2. The summed E-state index contributed by atoms with van der Waals surface area (Å²) in [5.41, 5.74) is -0.321. The van der Waals surface area contributed by atoms with Crippen LogP contribution in [0, 0.1) is 17.3 Å². The molecule has 3 heteroatoms. The van der Waals surface area contributed by atoms with E-state index in [1.807, 2.05) is 6.92 Å². The Balaban J connectivity index is 2.56. The number of aliphatic carboxylic acids is 1. The van der Waals surface area contributed by atoms with Gasteiger partial charge in [-0.1, -0.05) is 11.6 Å². The van der Waals surface area contributed by atoms with Crippen LogP contribution in [0.4, 0.5) is 0 Å². The van der Waals surface area contributed by atoms with Gasteiger partial charge < -0.3 is 5.11 Å². The Morgan fingerprint density at radius 1 is 1.67 bits per heavy atom. The van der Waals surface area contributed by atoms with Crippen molar-refractivity contribution in [3.8, 4) is 0 Å². The van der Waals surface area contributed by atoms with Gasteiger partial charge >= 0.3 is 5.97 Å². The number of ketones is 1. The van der Waals surface area contributed by atoms with Gasteiger partial charge in [0.15, 0.2) is 5.78 Å². The number of carboxylic acid groups (broad SMARTS) is 1. The minimum absolute atomic E-state index is 0.120. The summed E-state index contributed by atoms with van der Waals surface area (Å²) in [5, 5.41) is 9.36. The highest BCUT2D eigenvalue weighted by Gasteiger charge is 2.62. The first-order valence-electron chi connectivity index (χ1n) is 5.13. The number of allylic oxidation sites excluding steroid dienone is 3. The lowest BCUT2D eigenvalue weighted by atomic mass is 9.71. The molecule has 0 aliphatic heterocycles. The first-order valence-corrected chi connectivity index (χ1v) is 5.13. The Hall–Kier alpha value is -1.38. The van der Waals surface area contributed by atoms with E-state index >= 15 is 0 Å². The number of carbonyl (C=O) groups excluding carboxylic acids is 1. The zero-order valence-corrected chi connectivity index (χ0v) is 8.69. The average molecular weight is 206 g/mol. The molecular formula is C12H14O3. The number of fused-ring (bicyclic) bond motifs is 1. The zero-order valence-electron chi connectivity index (χ0n) is 8.69. The first kappa shape index (κ1) is 10.1. The standard InChI is InChI=1S/C12H14O3/c1-3-8-4-5-9-7(2)6-10(13)12(8,9)11(14)15/h3,6,8-9H,1,4-5H2,2H3,(H,14,15)/t8-,9-,12+/m1/s1. The fourth-order valence-corrected chi connectivity index (χ4v) is 3.14. The monoisotopic (exact) mass is 206 g/mol. The van der Waals surface area contributed by atoms with Crippen LogP contribution in [0.2, 0.25) is 0 Å². The Morgan fingerprint density at radius 3 is 2.87 bits per heavy atom. The van der Waals surface area contributed by atoms with Crippen LogP contribution < -0.4 is 0 Å². The fraction of sp³-hybridized carbons (Fsp3) is 0.500. The number of hydrogen-bond donors (Lipinski definition) is 1. The molecule has 15 heavy (non-hydrogen) atoms. The second-order valence-electron chi connectivity index (χ2n) is 4.40. The maximum atomic E-state index is 11.9. The smallest absolute Gasteiger partial charge is 0.318 e. The summed E-state index contributed by atoms with van der Waals surface area (Å²) in [6.45, 7) is 5.50. The third-order valence-electron chi connectivity index (χ3n) is 3.86. The topological polar surface area (TPSA) is 54.4 Å². The molecule has 2 aliphatic carbocycles. The van der Waals surface area contributed by atoms with Gasteiger partial charge in [-0.05, 0) is 25.8 Å². The van der Waals surface area contributed by atoms with E-state index in [-0.39, 0.29) is 17.6 Å². The molecule has 3 nitrogen and oxygen atoms in total. The van der Waals surface area contributed by atoms with E-state index < -0.39 is 11.4 Å². The minimum atomic E-state index is -1.23. The van der Waals surface area contributed by atoms with Gasteiger partial charge in [0.1, 0.15) is 5.41 Å². The first-order chi connectivity index (χ1) is 7.05. The molecule has 0 aromatic heterocycles. The summed E-state index contributed by atoms with van der Waals surface area (Å²) in [6, 6.07) is 0. The average Bonchev–Trinajstić information content (AvgIpc) is 2.66. The summed E-state index contributed by atoms with van der Waals surface area (Å²) >= 11 is 0. The van der Waals surface area contributed by atoms with Crippen molar-refractivity contribution in [3.63, 3.8) is 0 Å². The molecule has 0 radical (unpaired) electrons. The highest BCUT2D eigenvalue weighted by atomic mass is 16.4. The normalized spacial score (nSPS) is 38.7. The van der Waals surface area contributed by atoms with Gasteiger partial charge in [-0.25, -0.2) is 0 Å². The summed E-state index contributed by atoms with van der Waals surface area (Å²) in [7, 11) is 0. The fourth-order valence-electron chi connectivity index (χ4n) is 3.14. The molecule has 2 rings (SSSR count). The van der Waals surface area contributed by atoms with Crippen LogP contribution in [0.3, 0.4) is 0 Å². The number of rotatable bonds is 2. The van der Waals surface area contributed by atoms with Gasteiger partial charge in [-0.3, -0.25) is 9.59 Å². The summed E-state index contributed by atoms with van der Waals surface area (Å²) < 4.78 is 0. The second-order valence-corrected chi connectivity index (χ2v) is 4.40. The number of carbonyl (C=O) groups is 2. The molecule has 2 aliphatic rings. The van der Waals surface area contributed by atoms with Crippen molar-refractivity contribution in [2.45, 2.75) is 19.8 Å². The van der Waals surface area contributed by atoms with Crippen molar-refractivity contribution in [1.82, 2.24) is 0 Å². The largest absolute Gasteiger partial charge is 0.480 e. The molecule has 1 fully saturated rings. The summed E-state index contributed by atoms with van der Waals surface area (Å²) in [5.74, 6) is -1.58. The van der Waals surface area contributed by atoms with Crippen LogP contribution in [-0.2, 0) is 9.59 Å². The van der Waals surface area contributed by atoms with Crippen molar-refractivity contribution in [2.24, 2.45) is 17.3 Å². The molecule has 0 spiro atoms. The molecular weight excluding hydrogens is 192 g/mol. The van der Waals surface area contributed by atoms with E-state index in [1.54, 1.807) is 6.08 Å². The van der Waals surface area contributed by atoms with Gasteiger partial charge in [0.25, 0.3) is 0 Å². The third-order valence-corrected chi connectivity index (χ3v) is 3.86. The molecule has 1 N–H and O–H groups in total. The lowest BCUT2D eigenvalue weighted by Crippen LogP contribution is -2.43. The van der Waals surface area contributed by atoms with Gasteiger partial charge in [-0.2, -0.15) is 0 Å². The van der Waals surface area contributed by atoms with Crippen LogP contribution in [0.15, 0.2) is 24.3 Å². The molecule has 0 aromatic carbocycles. The minimum Gasteiger partial charge on any atom is -0.480 e. The molecule has 0 saturated heterocycles. The third kappa shape index (κ3) is 1.01. The van der Waals surface area contributed by atoms with Crippen LogP contribution in [0.25, 0.3) is 0 Å². The lowest BCUT2D eigenvalue weighted by molar-refractivity contribution is -0.156. The van der Waals surface area contributed by atoms with E-state index in [2.05, 4.69) is 6.58 Å². The van der Waals surface area contributed by atoms with Crippen molar-refractivity contribution in [2.75, 3.05) is 0 Å². The van der Waals surface area contributed by atoms with Gasteiger partial charge in [0.2, 0.25) is 0 Å². The molecule has 1 saturated carbocycles. The van der Waals surface area contributed by atoms with Crippen molar-refractivity contribution in [3.05, 3.63) is 24.3 Å². The molecule has 0 unspecified atom stereocenters. The van der Waals surface area contributed by atoms with E-state index in [0.29, 0.717) is 0 Å². The van der Waals surface area contributed by atoms with Gasteiger partial charge in [0.05, 0.1) is 0 Å². The highest BCUT2D eigenvalue weighted by molar-refractivity contribution is 6.12. The van der Waals surface area contributed by atoms with E-state index in [4.69, 9.17) is 0 Å². The van der Waals surface area contributed by atoms with E-state index in [1.165, 1.54) is 6.08 Å². The predicted octanol–water partition coefficient (Wildman–Crippen LogP) is 1.80. The quantitative estimate of drug-likeness (QED) is 0.553. The maximum Gasteiger partial charge on any atom is 0.318 e. The molecule has 0 aromatic rings. The lowest BCUT2D eigenvalue weighted by Gasteiger charge is -2.28. The summed E-state index contributed by atoms with van der Waals surface area (Å²) in [6.07, 6.45) is 4.64. The highest BCUT2D eigenvalue weighted by Crippen LogP contribution is 2.55. The van der Waals surface area contributed by atoms with Crippen LogP contribution >= 0.6 is 0 Å². The second kappa shape index (κ2) is 3.05. The Bertz CT molecular complexity index is 380. The van der Waals surface area contributed by atoms with Gasteiger partial charge in [0, 0.05) is 11.8 Å². The molecule has 0 bridgehead atoms. The molecule has 3 atom stereocenters. The van der Waals surface area contributed by atoms with Crippen LogP contribution in [-0.4, -0.2) is 16.9 Å². The van der Waals surface area contributed by atoms with Crippen molar-refractivity contribution >= 4 is 11.8 Å². The molecule has 0 amide bonds. The van der Waals surface area contributed by atoms with Crippen LogP contribution in [0.1, 0.15) is 19.8 Å². The van der Waals surface area contributed by atoms with Gasteiger partial charge in [-0.15, -0.1) is 6.58 Å². The Labute approximate surface area is 88.5 Å². The Kier molecular flexibility index (Phi) is 2.07. The zero-order chi connectivity index (χ0) is 11.2. The maximum absolute atomic E-state index is 11.9. The van der Waals surface area contributed by atoms with E-state index in [9.17, 15) is 14.7 Å².